The largest absolute Gasteiger partial charge is 0.351 e. The molecule has 1 rings (SSSR count). The average Bonchev–Trinajstić information content (AvgIpc) is 2.53. The van der Waals surface area contributed by atoms with Gasteiger partial charge in [-0.2, -0.15) is 11.8 Å². The summed E-state index contributed by atoms with van der Waals surface area (Å²) in [6.45, 7) is 3.89. The van der Waals surface area contributed by atoms with Crippen LogP contribution in [0, 0.1) is 0 Å². The van der Waals surface area contributed by atoms with Crippen LogP contribution in [0.3, 0.4) is 0 Å². The molecule has 1 N–H and O–H groups in total. The Hall–Kier alpha value is -0.230. The fraction of sp³-hybridized carbons (Fsp3) is 0.909. The van der Waals surface area contributed by atoms with Crippen LogP contribution in [0.2, 0.25) is 0 Å². The Morgan fingerprint density at radius 2 is 2.06 bits per heavy atom. The molecule has 2 unspecified atom stereocenters. The Morgan fingerprint density at radius 3 is 2.65 bits per heavy atom. The highest BCUT2D eigenvalue weighted by molar-refractivity contribution is 8.01. The highest BCUT2D eigenvalue weighted by Crippen LogP contribution is 2.25. The molecule has 1 fully saturated rings. The molecule has 4 nitrogen and oxygen atoms in total. The second-order valence-electron chi connectivity index (χ2n) is 4.37. The predicted molar refractivity (Wildman–Crippen MR) is 72.0 cm³/mol. The molecule has 0 bridgehead atoms. The zero-order valence-electron chi connectivity index (χ0n) is 10.4. The number of sulfone groups is 1. The molecule has 1 aliphatic rings. The Balaban J connectivity index is 2.55. The maximum absolute atomic E-state index is 11.6. The maximum atomic E-state index is 11.6. The Morgan fingerprint density at radius 1 is 1.35 bits per heavy atom. The molecule has 1 heterocycles. The molecule has 1 amide bonds. The number of carbonyl (C=O) groups excluding carboxylic acids is 1. The first kappa shape index (κ1) is 14.8. The second-order valence-corrected chi connectivity index (χ2v) is 7.87. The fourth-order valence-electron chi connectivity index (χ4n) is 1.80. The highest BCUT2D eigenvalue weighted by Gasteiger charge is 2.38. The maximum Gasteiger partial charge on any atom is 0.219 e. The van der Waals surface area contributed by atoms with Crippen LogP contribution in [0.4, 0.5) is 0 Å². The molecule has 100 valence electrons. The van der Waals surface area contributed by atoms with E-state index < -0.39 is 9.84 Å². The summed E-state index contributed by atoms with van der Waals surface area (Å²) in [5, 5.41) is 2.85. The Labute approximate surface area is 108 Å². The first-order chi connectivity index (χ1) is 7.98. The highest BCUT2D eigenvalue weighted by atomic mass is 32.2. The van der Waals surface area contributed by atoms with Gasteiger partial charge in [-0.25, -0.2) is 8.42 Å². The topological polar surface area (TPSA) is 63.2 Å². The molecule has 1 saturated heterocycles. The lowest BCUT2D eigenvalue weighted by Gasteiger charge is -2.18. The summed E-state index contributed by atoms with van der Waals surface area (Å²) in [4.78, 5) is 11.3. The van der Waals surface area contributed by atoms with Gasteiger partial charge in [-0.1, -0.05) is 20.3 Å². The number of thioether (sulfide) groups is 1. The van der Waals surface area contributed by atoms with E-state index in [1.54, 1.807) is 18.7 Å². The molecule has 0 radical (unpaired) electrons. The number of carbonyl (C=O) groups is 1. The van der Waals surface area contributed by atoms with Gasteiger partial charge in [-0.05, 0) is 12.2 Å². The first-order valence-electron chi connectivity index (χ1n) is 6.10. The van der Waals surface area contributed by atoms with Crippen molar-refractivity contribution in [3.05, 3.63) is 0 Å². The van der Waals surface area contributed by atoms with E-state index in [0.717, 1.165) is 18.6 Å². The molecule has 2 atom stereocenters. The summed E-state index contributed by atoms with van der Waals surface area (Å²) in [6, 6.07) is -0.200. The van der Waals surface area contributed by atoms with Crippen molar-refractivity contribution in [2.45, 2.75) is 44.4 Å². The van der Waals surface area contributed by atoms with E-state index in [1.165, 1.54) is 0 Å². The van der Waals surface area contributed by atoms with E-state index in [9.17, 15) is 13.2 Å². The predicted octanol–water partition coefficient (Wildman–Crippen LogP) is 1.21. The molecule has 6 heteroatoms. The number of nitrogens with one attached hydrogen (secondary N) is 1. The summed E-state index contributed by atoms with van der Waals surface area (Å²) in [6.07, 6.45) is 2.61. The summed E-state index contributed by atoms with van der Waals surface area (Å²) in [7, 11) is -2.97. The van der Waals surface area contributed by atoms with E-state index in [1.807, 2.05) is 0 Å². The SMILES string of the molecule is CCCCSC1CS(=O)(=O)CC1NC(=O)CC. The molecular formula is C11H21NO3S2. The van der Waals surface area contributed by atoms with Gasteiger partial charge in [0.05, 0.1) is 17.5 Å². The molecule has 0 aromatic heterocycles. The van der Waals surface area contributed by atoms with Gasteiger partial charge in [-0.3, -0.25) is 4.79 Å². The minimum Gasteiger partial charge on any atom is -0.351 e. The zero-order valence-corrected chi connectivity index (χ0v) is 12.1. The fourth-order valence-corrected chi connectivity index (χ4v) is 5.82. The van der Waals surface area contributed by atoms with Crippen LogP contribution in [0.15, 0.2) is 0 Å². The van der Waals surface area contributed by atoms with Gasteiger partial charge in [-0.15, -0.1) is 0 Å². The van der Waals surface area contributed by atoms with Crippen LogP contribution in [0.1, 0.15) is 33.1 Å². The Bertz CT molecular complexity index is 354. The van der Waals surface area contributed by atoms with Crippen molar-refractivity contribution in [3.8, 4) is 0 Å². The smallest absolute Gasteiger partial charge is 0.219 e. The number of amides is 1. The third-order valence-corrected chi connectivity index (χ3v) is 6.19. The second kappa shape index (κ2) is 6.64. The van der Waals surface area contributed by atoms with E-state index in [0.29, 0.717) is 6.42 Å². The third kappa shape index (κ3) is 4.87. The van der Waals surface area contributed by atoms with Crippen LogP contribution in [0.5, 0.6) is 0 Å². The first-order valence-corrected chi connectivity index (χ1v) is 8.97. The van der Waals surface area contributed by atoms with Crippen molar-refractivity contribution in [2.75, 3.05) is 17.3 Å². The van der Waals surface area contributed by atoms with E-state index in [-0.39, 0.29) is 28.7 Å². The van der Waals surface area contributed by atoms with Crippen LogP contribution in [0.25, 0.3) is 0 Å². The van der Waals surface area contributed by atoms with Gasteiger partial charge >= 0.3 is 0 Å². The zero-order chi connectivity index (χ0) is 12.9. The van der Waals surface area contributed by atoms with Crippen LogP contribution in [-0.2, 0) is 14.6 Å². The lowest BCUT2D eigenvalue weighted by Crippen LogP contribution is -2.41. The van der Waals surface area contributed by atoms with Crippen LogP contribution >= 0.6 is 11.8 Å². The molecule has 0 aromatic rings. The van der Waals surface area contributed by atoms with Gasteiger partial charge in [0, 0.05) is 11.7 Å². The van der Waals surface area contributed by atoms with Crippen LogP contribution < -0.4 is 5.32 Å². The molecule has 0 spiro atoms. The molecule has 17 heavy (non-hydrogen) atoms. The quantitative estimate of drug-likeness (QED) is 0.742. The normalized spacial score (nSPS) is 26.9. The lowest BCUT2D eigenvalue weighted by molar-refractivity contribution is -0.121. The average molecular weight is 279 g/mol. The summed E-state index contributed by atoms with van der Waals surface area (Å²) >= 11 is 1.68. The third-order valence-electron chi connectivity index (χ3n) is 2.80. The van der Waals surface area contributed by atoms with E-state index in [4.69, 9.17) is 0 Å². The van der Waals surface area contributed by atoms with Gasteiger partial charge in [0.2, 0.25) is 5.91 Å². The van der Waals surface area contributed by atoms with Crippen molar-refractivity contribution >= 4 is 27.5 Å². The summed E-state index contributed by atoms with van der Waals surface area (Å²) in [5.74, 6) is 1.21. The molecule has 0 saturated carbocycles. The van der Waals surface area contributed by atoms with Crippen molar-refractivity contribution < 1.29 is 13.2 Å². The Kier molecular flexibility index (Phi) is 5.79. The number of unbranched alkanes of at least 4 members (excludes halogenated alkanes) is 1. The minimum atomic E-state index is -2.97. The van der Waals surface area contributed by atoms with Crippen molar-refractivity contribution in [2.24, 2.45) is 0 Å². The van der Waals surface area contributed by atoms with Gasteiger partial charge in [0.1, 0.15) is 0 Å². The van der Waals surface area contributed by atoms with Crippen molar-refractivity contribution in [1.29, 1.82) is 0 Å². The number of hydrogen-bond acceptors (Lipinski definition) is 4. The summed E-state index contributed by atoms with van der Waals surface area (Å²) < 4.78 is 23.2. The molecular weight excluding hydrogens is 258 g/mol. The molecule has 0 aliphatic carbocycles. The van der Waals surface area contributed by atoms with Crippen LogP contribution in [-0.4, -0.2) is 42.9 Å². The van der Waals surface area contributed by atoms with Crippen molar-refractivity contribution in [1.82, 2.24) is 5.32 Å². The standard InChI is InChI=1S/C11H21NO3S2/c1-3-5-6-16-10-8-17(14,15)7-9(10)12-11(13)4-2/h9-10H,3-8H2,1-2H3,(H,12,13). The van der Waals surface area contributed by atoms with E-state index >= 15 is 0 Å². The summed E-state index contributed by atoms with van der Waals surface area (Å²) in [5.41, 5.74) is 0. The molecule has 1 aliphatic heterocycles. The number of rotatable bonds is 6. The minimum absolute atomic E-state index is 0.0297. The van der Waals surface area contributed by atoms with Gasteiger partial charge < -0.3 is 5.32 Å². The number of hydrogen-bond donors (Lipinski definition) is 1. The van der Waals surface area contributed by atoms with E-state index in [2.05, 4.69) is 12.2 Å². The van der Waals surface area contributed by atoms with Gasteiger partial charge in [0.15, 0.2) is 9.84 Å². The van der Waals surface area contributed by atoms with Gasteiger partial charge in [0.25, 0.3) is 0 Å². The molecule has 0 aromatic carbocycles. The van der Waals surface area contributed by atoms with Crippen molar-refractivity contribution in [3.63, 3.8) is 0 Å². The lowest BCUT2D eigenvalue weighted by atomic mass is 10.2. The monoisotopic (exact) mass is 279 g/mol.